The van der Waals surface area contributed by atoms with Crippen molar-refractivity contribution in [1.82, 2.24) is 20.2 Å². The van der Waals surface area contributed by atoms with Gasteiger partial charge in [-0.3, -0.25) is 19.5 Å². The molecule has 0 radical (unpaired) electrons. The van der Waals surface area contributed by atoms with E-state index >= 15 is 0 Å². The molecular weight excluding hydrogens is 360 g/mol. The Morgan fingerprint density at radius 1 is 1.25 bits per heavy atom. The summed E-state index contributed by atoms with van der Waals surface area (Å²) in [6.07, 6.45) is 0.756. The molecule has 0 aliphatic carbocycles. The van der Waals surface area contributed by atoms with Crippen molar-refractivity contribution in [3.63, 3.8) is 0 Å². The number of nitrogens with zero attached hydrogens (tertiary/aromatic N) is 1. The van der Waals surface area contributed by atoms with Gasteiger partial charge in [0.2, 0.25) is 5.91 Å². The summed E-state index contributed by atoms with van der Waals surface area (Å²) in [4.78, 5) is 42.4. The summed E-state index contributed by atoms with van der Waals surface area (Å²) >= 11 is 0. The van der Waals surface area contributed by atoms with Crippen LogP contribution in [0.4, 0.5) is 0 Å². The second-order valence-electron chi connectivity index (χ2n) is 7.06. The van der Waals surface area contributed by atoms with Gasteiger partial charge < -0.3 is 15.0 Å². The molecule has 2 aromatic rings. The van der Waals surface area contributed by atoms with Gasteiger partial charge in [-0.1, -0.05) is 30.3 Å². The Balaban J connectivity index is 1.53. The average molecular weight is 386 g/mol. The summed E-state index contributed by atoms with van der Waals surface area (Å²) in [7, 11) is 0. The molecule has 1 atom stereocenters. The van der Waals surface area contributed by atoms with Crippen LogP contribution in [0.15, 0.2) is 39.9 Å². The molecule has 1 amide bonds. The van der Waals surface area contributed by atoms with Crippen molar-refractivity contribution < 1.29 is 9.53 Å². The number of carbonyl (C=O) groups is 1. The molecule has 3 rings (SSSR count). The topological polar surface area (TPSA) is 107 Å². The lowest BCUT2D eigenvalue weighted by Gasteiger charge is -2.24. The molecule has 1 aromatic heterocycles. The van der Waals surface area contributed by atoms with Crippen molar-refractivity contribution in [2.24, 2.45) is 0 Å². The van der Waals surface area contributed by atoms with Gasteiger partial charge in [0.25, 0.3) is 5.56 Å². The monoisotopic (exact) mass is 386 g/mol. The lowest BCUT2D eigenvalue weighted by molar-refractivity contribution is -0.121. The molecule has 150 valence electrons. The molecule has 28 heavy (non-hydrogen) atoms. The molecule has 8 nitrogen and oxygen atoms in total. The smallest absolute Gasteiger partial charge is 0.325 e. The predicted molar refractivity (Wildman–Crippen MR) is 105 cm³/mol. The maximum Gasteiger partial charge on any atom is 0.325 e. The number of benzene rings is 1. The minimum absolute atomic E-state index is 0.0849. The minimum atomic E-state index is -0.572. The lowest BCUT2D eigenvalue weighted by atomic mass is 10.1. The van der Waals surface area contributed by atoms with Gasteiger partial charge in [-0.05, 0) is 18.9 Å². The molecule has 0 bridgehead atoms. The average Bonchev–Trinajstić information content (AvgIpc) is 2.89. The first-order chi connectivity index (χ1) is 13.5. The number of rotatable bonds is 6. The first-order valence-electron chi connectivity index (χ1n) is 9.48. The highest BCUT2D eigenvalue weighted by atomic mass is 16.5. The molecule has 1 saturated heterocycles. The van der Waals surface area contributed by atoms with Crippen LogP contribution in [0, 0.1) is 6.92 Å². The number of aryl methyl sites for hydroxylation is 1. The maximum absolute atomic E-state index is 12.3. The molecule has 0 saturated carbocycles. The van der Waals surface area contributed by atoms with E-state index in [2.05, 4.69) is 32.3 Å². The highest BCUT2D eigenvalue weighted by Crippen LogP contribution is 2.10. The molecule has 2 heterocycles. The van der Waals surface area contributed by atoms with Gasteiger partial charge in [-0.25, -0.2) is 4.79 Å². The highest BCUT2D eigenvalue weighted by Gasteiger charge is 2.20. The van der Waals surface area contributed by atoms with Crippen LogP contribution < -0.4 is 16.6 Å². The molecule has 8 heteroatoms. The molecule has 1 aliphatic rings. The first-order valence-corrected chi connectivity index (χ1v) is 9.48. The Bertz CT molecular complexity index is 906. The van der Waals surface area contributed by atoms with E-state index in [4.69, 9.17) is 4.74 Å². The number of ether oxygens (including phenoxy) is 1. The van der Waals surface area contributed by atoms with Gasteiger partial charge in [-0.15, -0.1) is 0 Å². The number of carbonyl (C=O) groups excluding carboxylic acids is 1. The summed E-state index contributed by atoms with van der Waals surface area (Å²) < 4.78 is 5.86. The summed E-state index contributed by atoms with van der Waals surface area (Å²) in [5, 5.41) is 2.85. The highest BCUT2D eigenvalue weighted by molar-refractivity contribution is 5.78. The third kappa shape index (κ3) is 5.64. The first kappa shape index (κ1) is 20.0. The second-order valence-corrected chi connectivity index (χ2v) is 7.06. The van der Waals surface area contributed by atoms with Crippen molar-refractivity contribution in [2.45, 2.75) is 32.4 Å². The minimum Gasteiger partial charge on any atom is -0.375 e. The van der Waals surface area contributed by atoms with Crippen molar-refractivity contribution in [1.29, 1.82) is 0 Å². The van der Waals surface area contributed by atoms with Crippen LogP contribution in [0.1, 0.15) is 23.2 Å². The number of nitrogens with one attached hydrogen (secondary N) is 3. The van der Waals surface area contributed by atoms with E-state index in [1.807, 2.05) is 18.2 Å². The molecule has 1 aromatic carbocycles. The van der Waals surface area contributed by atoms with Crippen LogP contribution in [-0.4, -0.2) is 53.1 Å². The molecule has 1 aliphatic heterocycles. The van der Waals surface area contributed by atoms with Crippen molar-refractivity contribution in [3.8, 4) is 0 Å². The zero-order chi connectivity index (χ0) is 19.9. The van der Waals surface area contributed by atoms with E-state index in [1.165, 1.54) is 5.56 Å². The second kappa shape index (κ2) is 9.48. The fraction of sp³-hybridized carbons (Fsp3) is 0.450. The normalized spacial score (nSPS) is 17.8. The van der Waals surface area contributed by atoms with E-state index in [-0.39, 0.29) is 24.0 Å². The molecule has 3 N–H and O–H groups in total. The zero-order valence-corrected chi connectivity index (χ0v) is 16.0. The summed E-state index contributed by atoms with van der Waals surface area (Å²) in [6, 6.07) is 10.3. The standard InChI is InChI=1S/C20H26N4O4/c1-14-17(19(26)23-20(27)22-14)10-18(25)21-11-16-13-24(8-5-9-28-16)12-15-6-3-2-4-7-15/h2-4,6-7,16H,5,8-13H2,1H3,(H,21,25)(H2,22,23,26,27). The van der Waals surface area contributed by atoms with Crippen molar-refractivity contribution >= 4 is 5.91 Å². The third-order valence-corrected chi connectivity index (χ3v) is 4.80. The van der Waals surface area contributed by atoms with Gasteiger partial charge >= 0.3 is 5.69 Å². The van der Waals surface area contributed by atoms with E-state index in [9.17, 15) is 14.4 Å². The van der Waals surface area contributed by atoms with Crippen LogP contribution in [0.5, 0.6) is 0 Å². The van der Waals surface area contributed by atoms with E-state index in [0.29, 0.717) is 18.8 Å². The number of aromatic amines is 2. The van der Waals surface area contributed by atoms with Crippen LogP contribution in [-0.2, 0) is 22.5 Å². The van der Waals surface area contributed by atoms with Gasteiger partial charge in [-0.2, -0.15) is 0 Å². The zero-order valence-electron chi connectivity index (χ0n) is 16.0. The van der Waals surface area contributed by atoms with Gasteiger partial charge in [0.15, 0.2) is 0 Å². The Hall–Kier alpha value is -2.71. The van der Waals surface area contributed by atoms with Crippen molar-refractivity contribution in [2.75, 3.05) is 26.2 Å². The van der Waals surface area contributed by atoms with E-state index < -0.39 is 11.2 Å². The summed E-state index contributed by atoms with van der Waals surface area (Å²) in [5.74, 6) is -0.275. The number of hydrogen-bond donors (Lipinski definition) is 3. The van der Waals surface area contributed by atoms with E-state index in [1.54, 1.807) is 6.92 Å². The Kier molecular flexibility index (Phi) is 6.78. The number of hydrogen-bond acceptors (Lipinski definition) is 5. The SMILES string of the molecule is Cc1[nH]c(=O)[nH]c(=O)c1CC(=O)NCC1CN(Cc2ccccc2)CCCO1. The predicted octanol–water partition coefficient (Wildman–Crippen LogP) is 0.321. The lowest BCUT2D eigenvalue weighted by Crippen LogP contribution is -2.41. The molecule has 0 spiro atoms. The largest absolute Gasteiger partial charge is 0.375 e. The fourth-order valence-corrected chi connectivity index (χ4v) is 3.37. The number of H-pyrrole nitrogens is 2. The van der Waals surface area contributed by atoms with Gasteiger partial charge in [0, 0.05) is 44.0 Å². The summed E-state index contributed by atoms with van der Waals surface area (Å²) in [5.41, 5.74) is 0.821. The Morgan fingerprint density at radius 3 is 2.79 bits per heavy atom. The molecule has 1 unspecified atom stereocenters. The van der Waals surface area contributed by atoms with Gasteiger partial charge in [0.1, 0.15) is 0 Å². The fourth-order valence-electron chi connectivity index (χ4n) is 3.37. The van der Waals surface area contributed by atoms with Gasteiger partial charge in [0.05, 0.1) is 12.5 Å². The Labute approximate surface area is 162 Å². The van der Waals surface area contributed by atoms with Crippen molar-refractivity contribution in [3.05, 3.63) is 68.0 Å². The van der Waals surface area contributed by atoms with Crippen LogP contribution in [0.25, 0.3) is 0 Å². The Morgan fingerprint density at radius 2 is 2.04 bits per heavy atom. The maximum atomic E-state index is 12.3. The van der Waals surface area contributed by atoms with E-state index in [0.717, 1.165) is 26.1 Å². The third-order valence-electron chi connectivity index (χ3n) is 4.80. The van der Waals surface area contributed by atoms with Crippen LogP contribution >= 0.6 is 0 Å². The quantitative estimate of drug-likeness (QED) is 0.663. The molecular formula is C20H26N4O4. The molecule has 1 fully saturated rings. The van der Waals surface area contributed by atoms with Crippen LogP contribution in [0.2, 0.25) is 0 Å². The summed E-state index contributed by atoms with van der Waals surface area (Å²) in [6.45, 7) is 5.17. The van der Waals surface area contributed by atoms with Crippen LogP contribution in [0.3, 0.4) is 0 Å². The number of amides is 1. The number of aromatic nitrogens is 2.